The Morgan fingerprint density at radius 3 is 2.61 bits per heavy atom. The third kappa shape index (κ3) is 5.65. The smallest absolute Gasteiger partial charge is 0.214 e. The zero-order valence-electron chi connectivity index (χ0n) is 10.9. The fourth-order valence-corrected chi connectivity index (χ4v) is 1.27. The van der Waals surface area contributed by atoms with E-state index in [0.29, 0.717) is 31.4 Å². The number of hydrogen-bond donors (Lipinski definition) is 2. The zero-order valence-corrected chi connectivity index (χ0v) is 13.2. The van der Waals surface area contributed by atoms with E-state index in [1.807, 2.05) is 13.8 Å². The Bertz CT molecular complexity index is 362. The first-order valence-electron chi connectivity index (χ1n) is 5.60. The number of rotatable bonds is 5. The number of guanidine groups is 1. The van der Waals surface area contributed by atoms with Crippen LogP contribution in [0.5, 0.6) is 0 Å². The highest BCUT2D eigenvalue weighted by molar-refractivity contribution is 14.0. The molecule has 0 saturated heterocycles. The van der Waals surface area contributed by atoms with Crippen LogP contribution in [-0.4, -0.2) is 31.2 Å². The van der Waals surface area contributed by atoms with E-state index in [4.69, 9.17) is 4.42 Å². The number of halogens is 2. The van der Waals surface area contributed by atoms with Crippen molar-refractivity contribution in [3.8, 4) is 0 Å². The molecule has 0 atom stereocenters. The number of aliphatic imine (C=N–C) groups is 1. The van der Waals surface area contributed by atoms with E-state index >= 15 is 0 Å². The van der Waals surface area contributed by atoms with Gasteiger partial charge >= 0.3 is 0 Å². The molecule has 2 N–H and O–H groups in total. The van der Waals surface area contributed by atoms with Crippen molar-refractivity contribution in [1.29, 1.82) is 0 Å². The van der Waals surface area contributed by atoms with Crippen molar-refractivity contribution in [2.75, 3.05) is 20.3 Å². The normalized spacial score (nSPS) is 11.0. The van der Waals surface area contributed by atoms with Gasteiger partial charge in [0.15, 0.2) is 5.96 Å². The van der Waals surface area contributed by atoms with Crippen molar-refractivity contribution in [3.05, 3.63) is 17.3 Å². The van der Waals surface area contributed by atoms with Gasteiger partial charge in [0, 0.05) is 13.6 Å². The van der Waals surface area contributed by atoms with Crippen molar-refractivity contribution in [2.45, 2.75) is 26.8 Å². The first-order valence-corrected chi connectivity index (χ1v) is 5.60. The SMILES string of the molecule is CN=C(NCCCF)NCc1nc(C)c(C)o1.I. The van der Waals surface area contributed by atoms with Crippen LogP contribution < -0.4 is 10.6 Å². The van der Waals surface area contributed by atoms with Crippen LogP contribution in [0.25, 0.3) is 0 Å². The molecule has 5 nitrogen and oxygen atoms in total. The number of aryl methyl sites for hydroxylation is 2. The molecule has 104 valence electrons. The highest BCUT2D eigenvalue weighted by atomic mass is 127. The number of oxazole rings is 1. The molecule has 0 spiro atoms. The second kappa shape index (κ2) is 9.12. The minimum atomic E-state index is -0.331. The Balaban J connectivity index is 0.00000289. The number of nitrogens with zero attached hydrogens (tertiary/aromatic N) is 2. The van der Waals surface area contributed by atoms with Gasteiger partial charge in [-0.05, 0) is 20.3 Å². The van der Waals surface area contributed by atoms with E-state index in [1.54, 1.807) is 7.05 Å². The molecule has 0 aromatic carbocycles. The van der Waals surface area contributed by atoms with E-state index in [2.05, 4.69) is 20.6 Å². The molecule has 0 aliphatic carbocycles. The first-order chi connectivity index (χ1) is 8.17. The van der Waals surface area contributed by atoms with E-state index in [1.165, 1.54) is 0 Å². The summed E-state index contributed by atoms with van der Waals surface area (Å²) in [5, 5.41) is 6.04. The molecule has 0 radical (unpaired) electrons. The summed E-state index contributed by atoms with van der Waals surface area (Å²) in [6.07, 6.45) is 0.470. The van der Waals surface area contributed by atoms with Crippen molar-refractivity contribution in [2.24, 2.45) is 4.99 Å². The molecule has 1 aromatic rings. The van der Waals surface area contributed by atoms with Gasteiger partial charge in [0.25, 0.3) is 0 Å². The molecule has 0 saturated carbocycles. The second-order valence-corrected chi connectivity index (χ2v) is 3.64. The lowest BCUT2D eigenvalue weighted by Gasteiger charge is -2.09. The predicted octanol–water partition coefficient (Wildman–Crippen LogP) is 1.93. The van der Waals surface area contributed by atoms with Crippen LogP contribution in [0.1, 0.15) is 23.8 Å². The summed E-state index contributed by atoms with van der Waals surface area (Å²) in [4.78, 5) is 8.25. The van der Waals surface area contributed by atoms with Crippen molar-refractivity contribution in [1.82, 2.24) is 15.6 Å². The van der Waals surface area contributed by atoms with Gasteiger partial charge in [0.1, 0.15) is 5.76 Å². The van der Waals surface area contributed by atoms with Crippen LogP contribution in [0.3, 0.4) is 0 Å². The number of aromatic nitrogens is 1. The molecule has 0 fully saturated rings. The lowest BCUT2D eigenvalue weighted by molar-refractivity contribution is 0.460. The van der Waals surface area contributed by atoms with E-state index in [-0.39, 0.29) is 30.7 Å². The summed E-state index contributed by atoms with van der Waals surface area (Å²) >= 11 is 0. The summed E-state index contributed by atoms with van der Waals surface area (Å²) in [7, 11) is 1.66. The molecular formula is C11H20FIN4O. The highest BCUT2D eigenvalue weighted by Crippen LogP contribution is 2.07. The van der Waals surface area contributed by atoms with Gasteiger partial charge in [0.2, 0.25) is 5.89 Å². The molecule has 0 bridgehead atoms. The summed E-state index contributed by atoms with van der Waals surface area (Å²) in [5.74, 6) is 2.06. The van der Waals surface area contributed by atoms with Gasteiger partial charge in [-0.3, -0.25) is 9.38 Å². The van der Waals surface area contributed by atoms with Gasteiger partial charge in [-0.25, -0.2) is 4.98 Å². The number of alkyl halides is 1. The average Bonchev–Trinajstić information content (AvgIpc) is 2.63. The molecule has 7 heteroatoms. The molecule has 0 aliphatic rings. The molecule has 1 rings (SSSR count). The van der Waals surface area contributed by atoms with Crippen LogP contribution in [0.15, 0.2) is 9.41 Å². The van der Waals surface area contributed by atoms with Gasteiger partial charge in [-0.2, -0.15) is 0 Å². The van der Waals surface area contributed by atoms with E-state index < -0.39 is 0 Å². The molecule has 0 unspecified atom stereocenters. The fourth-order valence-electron chi connectivity index (χ4n) is 1.27. The molecule has 1 aromatic heterocycles. The third-order valence-corrected chi connectivity index (χ3v) is 2.31. The van der Waals surface area contributed by atoms with Crippen molar-refractivity contribution >= 4 is 29.9 Å². The van der Waals surface area contributed by atoms with Crippen molar-refractivity contribution < 1.29 is 8.81 Å². The maximum Gasteiger partial charge on any atom is 0.214 e. The fraction of sp³-hybridized carbons (Fsp3) is 0.636. The summed E-state index contributed by atoms with van der Waals surface area (Å²) in [6.45, 7) is 4.46. The Morgan fingerprint density at radius 1 is 1.39 bits per heavy atom. The standard InChI is InChI=1S/C11H19FN4O.HI/c1-8-9(2)17-10(16-8)7-15-11(13-3)14-6-4-5-12;/h4-7H2,1-3H3,(H2,13,14,15);1H. The Morgan fingerprint density at radius 2 is 2.11 bits per heavy atom. The maximum absolute atomic E-state index is 11.9. The highest BCUT2D eigenvalue weighted by Gasteiger charge is 2.05. The Kier molecular flexibility index (Phi) is 8.69. The largest absolute Gasteiger partial charge is 0.444 e. The molecule has 1 heterocycles. The number of hydrogen-bond acceptors (Lipinski definition) is 3. The quantitative estimate of drug-likeness (QED) is 0.360. The molecule has 0 aliphatic heterocycles. The van der Waals surface area contributed by atoms with Gasteiger partial charge in [0.05, 0.1) is 18.9 Å². The first kappa shape index (κ1) is 17.1. The third-order valence-electron chi connectivity index (χ3n) is 2.31. The minimum Gasteiger partial charge on any atom is -0.444 e. The maximum atomic E-state index is 11.9. The second-order valence-electron chi connectivity index (χ2n) is 3.64. The minimum absolute atomic E-state index is 0. The topological polar surface area (TPSA) is 62.5 Å². The monoisotopic (exact) mass is 370 g/mol. The summed E-state index contributed by atoms with van der Waals surface area (Å²) in [6, 6.07) is 0. The Labute approximate surface area is 124 Å². The lowest BCUT2D eigenvalue weighted by Crippen LogP contribution is -2.37. The van der Waals surface area contributed by atoms with Crippen molar-refractivity contribution in [3.63, 3.8) is 0 Å². The van der Waals surface area contributed by atoms with Gasteiger partial charge < -0.3 is 15.1 Å². The van der Waals surface area contributed by atoms with Crippen LogP contribution in [0.4, 0.5) is 4.39 Å². The zero-order chi connectivity index (χ0) is 12.7. The predicted molar refractivity (Wildman–Crippen MR) is 80.2 cm³/mol. The van der Waals surface area contributed by atoms with Gasteiger partial charge in [-0.15, -0.1) is 24.0 Å². The van der Waals surface area contributed by atoms with Crippen LogP contribution in [-0.2, 0) is 6.54 Å². The number of nitrogens with one attached hydrogen (secondary N) is 2. The van der Waals surface area contributed by atoms with Crippen LogP contribution in [0.2, 0.25) is 0 Å². The molecule has 18 heavy (non-hydrogen) atoms. The van der Waals surface area contributed by atoms with Gasteiger partial charge in [-0.1, -0.05) is 0 Å². The van der Waals surface area contributed by atoms with E-state index in [9.17, 15) is 4.39 Å². The summed E-state index contributed by atoms with van der Waals surface area (Å²) < 4.78 is 17.3. The Hall–Kier alpha value is -0.860. The molecule has 0 amide bonds. The van der Waals surface area contributed by atoms with Crippen LogP contribution >= 0.6 is 24.0 Å². The molecular weight excluding hydrogens is 350 g/mol. The van der Waals surface area contributed by atoms with Crippen LogP contribution in [0, 0.1) is 13.8 Å². The lowest BCUT2D eigenvalue weighted by atomic mass is 10.4. The average molecular weight is 370 g/mol. The summed E-state index contributed by atoms with van der Waals surface area (Å²) in [5.41, 5.74) is 0.891. The van der Waals surface area contributed by atoms with E-state index in [0.717, 1.165) is 11.5 Å².